The summed E-state index contributed by atoms with van der Waals surface area (Å²) in [4.78, 5) is 24.9. The number of nitrogens with one attached hydrogen (secondary N) is 3. The number of piperidine rings is 1. The molecular formula is C19H23N5O2. The lowest BCUT2D eigenvalue weighted by Gasteiger charge is -2.22. The monoisotopic (exact) mass is 353 g/mol. The molecule has 3 N–H and O–H groups in total. The number of aromatic nitrogens is 2. The minimum atomic E-state index is -0.306. The summed E-state index contributed by atoms with van der Waals surface area (Å²) in [7, 11) is 0. The van der Waals surface area contributed by atoms with Gasteiger partial charge in [0.2, 0.25) is 0 Å². The summed E-state index contributed by atoms with van der Waals surface area (Å²) < 4.78 is 1.85. The van der Waals surface area contributed by atoms with E-state index in [2.05, 4.69) is 21.0 Å². The van der Waals surface area contributed by atoms with Crippen molar-refractivity contribution in [3.8, 4) is 0 Å². The van der Waals surface area contributed by atoms with Gasteiger partial charge < -0.3 is 16.0 Å². The second-order valence-electron chi connectivity index (χ2n) is 6.93. The lowest BCUT2D eigenvalue weighted by molar-refractivity contribution is 0.0952. The number of carbonyl (C=O) groups excluding carboxylic acids is 2. The van der Waals surface area contributed by atoms with Crippen molar-refractivity contribution >= 4 is 17.5 Å². The highest BCUT2D eigenvalue weighted by Gasteiger charge is 2.25. The quantitative estimate of drug-likeness (QED) is 0.767. The Labute approximate surface area is 152 Å². The normalized spacial score (nSPS) is 19.8. The summed E-state index contributed by atoms with van der Waals surface area (Å²) in [6, 6.07) is 9.32. The Bertz CT molecular complexity index is 806. The van der Waals surface area contributed by atoms with E-state index in [1.807, 2.05) is 10.9 Å². The average Bonchev–Trinajstić information content (AvgIpc) is 3.34. The lowest BCUT2D eigenvalue weighted by atomic mass is 10.1. The number of benzene rings is 1. The summed E-state index contributed by atoms with van der Waals surface area (Å²) in [5.41, 5.74) is 1.33. The van der Waals surface area contributed by atoms with Crippen LogP contribution >= 0.6 is 0 Å². The van der Waals surface area contributed by atoms with Crippen LogP contribution in [0.2, 0.25) is 0 Å². The van der Waals surface area contributed by atoms with Gasteiger partial charge in [0, 0.05) is 18.8 Å². The van der Waals surface area contributed by atoms with Crippen molar-refractivity contribution in [3.63, 3.8) is 0 Å². The van der Waals surface area contributed by atoms with Gasteiger partial charge in [-0.15, -0.1) is 0 Å². The molecule has 1 saturated carbocycles. The van der Waals surface area contributed by atoms with Crippen molar-refractivity contribution in [1.29, 1.82) is 0 Å². The Kier molecular flexibility index (Phi) is 4.71. The van der Waals surface area contributed by atoms with Crippen molar-refractivity contribution in [2.75, 3.05) is 18.4 Å². The van der Waals surface area contributed by atoms with Gasteiger partial charge in [-0.05, 0) is 50.4 Å². The summed E-state index contributed by atoms with van der Waals surface area (Å²) in [6.45, 7) is 1.90. The number of anilines is 1. The fourth-order valence-corrected chi connectivity index (χ4v) is 3.19. The SMILES string of the molecule is O=C(Nc1ccccc1C(=O)NC1CC1)c1ccn(C2CCCNC2)n1. The first-order chi connectivity index (χ1) is 12.7. The maximum absolute atomic E-state index is 12.6. The zero-order chi connectivity index (χ0) is 17.9. The largest absolute Gasteiger partial charge is 0.349 e. The van der Waals surface area contributed by atoms with Gasteiger partial charge in [-0.1, -0.05) is 12.1 Å². The number of hydrogen-bond donors (Lipinski definition) is 3. The highest BCUT2D eigenvalue weighted by atomic mass is 16.2. The first-order valence-corrected chi connectivity index (χ1v) is 9.18. The fraction of sp³-hybridized carbons (Fsp3) is 0.421. The zero-order valence-corrected chi connectivity index (χ0v) is 14.6. The van der Waals surface area contributed by atoms with Crippen molar-refractivity contribution < 1.29 is 9.59 Å². The second-order valence-corrected chi connectivity index (χ2v) is 6.93. The minimum absolute atomic E-state index is 0.151. The van der Waals surface area contributed by atoms with Crippen LogP contribution in [0.3, 0.4) is 0 Å². The van der Waals surface area contributed by atoms with E-state index in [-0.39, 0.29) is 23.9 Å². The van der Waals surface area contributed by atoms with Gasteiger partial charge in [0.15, 0.2) is 5.69 Å². The number of hydrogen-bond acceptors (Lipinski definition) is 4. The molecule has 1 aromatic carbocycles. The molecule has 0 spiro atoms. The van der Waals surface area contributed by atoms with E-state index in [1.165, 1.54) is 0 Å². The van der Waals surface area contributed by atoms with Crippen LogP contribution in [0.1, 0.15) is 52.6 Å². The third-order valence-corrected chi connectivity index (χ3v) is 4.82. The molecule has 136 valence electrons. The third-order valence-electron chi connectivity index (χ3n) is 4.82. The number of para-hydroxylation sites is 1. The van der Waals surface area contributed by atoms with Crippen molar-refractivity contribution in [1.82, 2.24) is 20.4 Å². The molecule has 0 bridgehead atoms. The molecule has 1 aliphatic carbocycles. The molecule has 1 aliphatic heterocycles. The van der Waals surface area contributed by atoms with Gasteiger partial charge in [0.1, 0.15) is 0 Å². The van der Waals surface area contributed by atoms with Crippen molar-refractivity contribution in [2.45, 2.75) is 37.8 Å². The lowest BCUT2D eigenvalue weighted by Crippen LogP contribution is -2.32. The summed E-state index contributed by atoms with van der Waals surface area (Å²) >= 11 is 0. The Morgan fingerprint density at radius 1 is 1.12 bits per heavy atom. The molecule has 1 atom stereocenters. The van der Waals surface area contributed by atoms with E-state index in [0.29, 0.717) is 16.9 Å². The number of carbonyl (C=O) groups is 2. The molecule has 0 radical (unpaired) electrons. The molecule has 2 heterocycles. The van der Waals surface area contributed by atoms with Crippen molar-refractivity contribution in [2.24, 2.45) is 0 Å². The molecule has 1 unspecified atom stereocenters. The minimum Gasteiger partial charge on any atom is -0.349 e. The predicted octanol–water partition coefficient (Wildman–Crippen LogP) is 1.95. The van der Waals surface area contributed by atoms with E-state index in [4.69, 9.17) is 0 Å². The predicted molar refractivity (Wildman–Crippen MR) is 98.3 cm³/mol. The number of rotatable bonds is 5. The van der Waals surface area contributed by atoms with Crippen LogP contribution in [-0.4, -0.2) is 40.7 Å². The first kappa shape index (κ1) is 16.8. The zero-order valence-electron chi connectivity index (χ0n) is 14.6. The molecule has 2 aliphatic rings. The summed E-state index contributed by atoms with van der Waals surface area (Å²) in [5, 5.41) is 13.6. The average molecular weight is 353 g/mol. The molecule has 2 aromatic rings. The molecule has 4 rings (SSSR count). The van der Waals surface area contributed by atoms with Gasteiger partial charge in [-0.2, -0.15) is 5.10 Å². The first-order valence-electron chi connectivity index (χ1n) is 9.18. The number of nitrogens with zero attached hydrogens (tertiary/aromatic N) is 2. The Morgan fingerprint density at radius 2 is 1.96 bits per heavy atom. The summed E-state index contributed by atoms with van der Waals surface area (Å²) in [5.74, 6) is -0.457. The molecular weight excluding hydrogens is 330 g/mol. The Balaban J connectivity index is 1.46. The molecule has 7 heteroatoms. The van der Waals surface area contributed by atoms with E-state index < -0.39 is 0 Å². The van der Waals surface area contributed by atoms with Crippen LogP contribution in [0.5, 0.6) is 0 Å². The van der Waals surface area contributed by atoms with Gasteiger partial charge in [-0.3, -0.25) is 14.3 Å². The van der Waals surface area contributed by atoms with Gasteiger partial charge >= 0.3 is 0 Å². The standard InChI is InChI=1S/C19H23N5O2/c25-18(21-13-7-8-13)15-5-1-2-6-16(15)22-19(26)17-9-11-24(23-17)14-4-3-10-20-12-14/h1-2,5-6,9,11,13-14,20H,3-4,7-8,10,12H2,(H,21,25)(H,22,26). The van der Waals surface area contributed by atoms with Crippen LogP contribution in [-0.2, 0) is 0 Å². The number of amides is 2. The van der Waals surface area contributed by atoms with E-state index in [1.54, 1.807) is 30.3 Å². The molecule has 2 fully saturated rings. The highest BCUT2D eigenvalue weighted by Crippen LogP contribution is 2.22. The topological polar surface area (TPSA) is 88.0 Å². The molecule has 26 heavy (non-hydrogen) atoms. The summed E-state index contributed by atoms with van der Waals surface area (Å²) in [6.07, 6.45) is 6.05. The maximum Gasteiger partial charge on any atom is 0.276 e. The second kappa shape index (κ2) is 7.29. The Hall–Kier alpha value is -2.67. The van der Waals surface area contributed by atoms with E-state index in [0.717, 1.165) is 38.8 Å². The smallest absolute Gasteiger partial charge is 0.276 e. The van der Waals surface area contributed by atoms with Crippen molar-refractivity contribution in [3.05, 3.63) is 47.8 Å². The third kappa shape index (κ3) is 3.77. The molecule has 2 amide bonds. The van der Waals surface area contributed by atoms with Gasteiger partial charge in [0.05, 0.1) is 17.3 Å². The highest BCUT2D eigenvalue weighted by molar-refractivity contribution is 6.08. The van der Waals surface area contributed by atoms with Gasteiger partial charge in [-0.25, -0.2) is 0 Å². The van der Waals surface area contributed by atoms with Crippen LogP contribution in [0.15, 0.2) is 36.5 Å². The van der Waals surface area contributed by atoms with E-state index in [9.17, 15) is 9.59 Å². The fourth-order valence-electron chi connectivity index (χ4n) is 3.19. The molecule has 1 aromatic heterocycles. The van der Waals surface area contributed by atoms with E-state index >= 15 is 0 Å². The van der Waals surface area contributed by atoms with Crippen LogP contribution in [0.4, 0.5) is 5.69 Å². The van der Waals surface area contributed by atoms with Crippen LogP contribution in [0, 0.1) is 0 Å². The van der Waals surface area contributed by atoms with Crippen LogP contribution in [0.25, 0.3) is 0 Å². The molecule has 1 saturated heterocycles. The Morgan fingerprint density at radius 3 is 2.73 bits per heavy atom. The van der Waals surface area contributed by atoms with Gasteiger partial charge in [0.25, 0.3) is 11.8 Å². The molecule has 7 nitrogen and oxygen atoms in total. The van der Waals surface area contributed by atoms with Crippen LogP contribution < -0.4 is 16.0 Å². The maximum atomic E-state index is 12.6.